The third kappa shape index (κ3) is 7.10. The van der Waals surface area contributed by atoms with Crippen LogP contribution in [0.4, 0.5) is 0 Å². The predicted molar refractivity (Wildman–Crippen MR) is 131 cm³/mol. The molecule has 2 saturated heterocycles. The van der Waals surface area contributed by atoms with Crippen molar-refractivity contribution in [1.29, 1.82) is 0 Å². The van der Waals surface area contributed by atoms with Crippen molar-refractivity contribution < 1.29 is 8.42 Å². The van der Waals surface area contributed by atoms with Gasteiger partial charge in [0.2, 0.25) is 0 Å². The Kier molecular flexibility index (Phi) is 9.68. The van der Waals surface area contributed by atoms with Crippen molar-refractivity contribution in [3.05, 3.63) is 35.9 Å². The fraction of sp³-hybridized carbons (Fsp3) is 0.667. The lowest BCUT2D eigenvalue weighted by Crippen LogP contribution is -2.48. The summed E-state index contributed by atoms with van der Waals surface area (Å²) in [6.45, 7) is 10.1. The summed E-state index contributed by atoms with van der Waals surface area (Å²) < 4.78 is 23.1. The first-order valence-corrected chi connectivity index (χ1v) is 12.3. The number of piperidine rings is 1. The second-order valence-electron chi connectivity index (χ2n) is 7.96. The molecule has 0 bridgehead atoms. The Hall–Kier alpha value is -0.870. The minimum atomic E-state index is -2.82. The summed E-state index contributed by atoms with van der Waals surface area (Å²) >= 11 is 0. The van der Waals surface area contributed by atoms with Gasteiger partial charge in [0.15, 0.2) is 15.8 Å². The van der Waals surface area contributed by atoms with Crippen molar-refractivity contribution >= 4 is 39.8 Å². The molecule has 2 fully saturated rings. The molecular formula is C21H35IN4O2S. The molecule has 0 radical (unpaired) electrons. The Bertz CT molecular complexity index is 743. The SMILES string of the molecule is CCNC(=NCCN1CCS(=O)(=O)CC1)N1CCC(c2ccccc2)C(C)C1.I. The van der Waals surface area contributed by atoms with E-state index in [4.69, 9.17) is 4.99 Å². The summed E-state index contributed by atoms with van der Waals surface area (Å²) in [5, 5.41) is 3.44. The van der Waals surface area contributed by atoms with Crippen LogP contribution in [-0.2, 0) is 9.84 Å². The van der Waals surface area contributed by atoms with E-state index in [1.807, 2.05) is 0 Å². The van der Waals surface area contributed by atoms with E-state index in [0.29, 0.717) is 31.5 Å². The van der Waals surface area contributed by atoms with Gasteiger partial charge in [-0.15, -0.1) is 24.0 Å². The van der Waals surface area contributed by atoms with Gasteiger partial charge in [0.05, 0.1) is 18.1 Å². The maximum atomic E-state index is 11.6. The van der Waals surface area contributed by atoms with Gasteiger partial charge in [0.1, 0.15) is 0 Å². The molecule has 2 aliphatic heterocycles. The van der Waals surface area contributed by atoms with Crippen molar-refractivity contribution in [2.45, 2.75) is 26.2 Å². The van der Waals surface area contributed by atoms with Crippen LogP contribution in [0.2, 0.25) is 0 Å². The van der Waals surface area contributed by atoms with Gasteiger partial charge in [-0.1, -0.05) is 37.3 Å². The first kappa shape index (κ1) is 24.4. The molecule has 1 aromatic carbocycles. The molecule has 0 aromatic heterocycles. The van der Waals surface area contributed by atoms with Gasteiger partial charge >= 0.3 is 0 Å². The molecule has 8 heteroatoms. The zero-order valence-electron chi connectivity index (χ0n) is 17.6. The van der Waals surface area contributed by atoms with Crippen LogP contribution in [0.25, 0.3) is 0 Å². The molecule has 0 amide bonds. The molecule has 164 valence electrons. The standard InChI is InChI=1S/C21H34N4O2S.HI/c1-3-22-21(23-10-12-24-13-15-28(26,27)16-14-24)25-11-9-20(18(2)17-25)19-7-5-4-6-8-19;/h4-8,18,20H,3,9-17H2,1-2H3,(H,22,23);1H. The molecular weight excluding hydrogens is 499 g/mol. The summed E-state index contributed by atoms with van der Waals surface area (Å²) in [5.41, 5.74) is 1.44. The highest BCUT2D eigenvalue weighted by Gasteiger charge is 2.28. The molecule has 29 heavy (non-hydrogen) atoms. The number of hydrogen-bond donors (Lipinski definition) is 1. The van der Waals surface area contributed by atoms with Crippen LogP contribution in [0, 0.1) is 5.92 Å². The Balaban J connectivity index is 0.00000300. The smallest absolute Gasteiger partial charge is 0.193 e. The van der Waals surface area contributed by atoms with E-state index in [1.54, 1.807) is 0 Å². The maximum absolute atomic E-state index is 11.6. The van der Waals surface area contributed by atoms with Crippen LogP contribution < -0.4 is 5.32 Å². The summed E-state index contributed by atoms with van der Waals surface area (Å²) in [6, 6.07) is 10.8. The van der Waals surface area contributed by atoms with E-state index in [2.05, 4.69) is 59.3 Å². The number of rotatable bonds is 5. The fourth-order valence-corrected chi connectivity index (χ4v) is 5.51. The molecule has 3 rings (SSSR count). The van der Waals surface area contributed by atoms with Crippen LogP contribution in [0.1, 0.15) is 31.7 Å². The first-order chi connectivity index (χ1) is 13.5. The third-order valence-corrected chi connectivity index (χ3v) is 7.49. The highest BCUT2D eigenvalue weighted by molar-refractivity contribution is 14.0. The minimum Gasteiger partial charge on any atom is -0.357 e. The van der Waals surface area contributed by atoms with E-state index >= 15 is 0 Å². The molecule has 6 nitrogen and oxygen atoms in total. The monoisotopic (exact) mass is 534 g/mol. The van der Waals surface area contributed by atoms with Gasteiger partial charge in [-0.2, -0.15) is 0 Å². The molecule has 2 heterocycles. The van der Waals surface area contributed by atoms with Crippen LogP contribution >= 0.6 is 24.0 Å². The number of benzene rings is 1. The molecule has 0 spiro atoms. The number of sulfone groups is 1. The number of nitrogens with zero attached hydrogens (tertiary/aromatic N) is 3. The van der Waals surface area contributed by atoms with Crippen molar-refractivity contribution in [2.24, 2.45) is 10.9 Å². The number of likely N-dealkylation sites (tertiary alicyclic amines) is 1. The van der Waals surface area contributed by atoms with Gasteiger partial charge in [-0.05, 0) is 30.7 Å². The van der Waals surface area contributed by atoms with Crippen molar-refractivity contribution in [1.82, 2.24) is 15.1 Å². The number of halogens is 1. The van der Waals surface area contributed by atoms with Crippen LogP contribution in [0.15, 0.2) is 35.3 Å². The van der Waals surface area contributed by atoms with Gasteiger partial charge in [0.25, 0.3) is 0 Å². The second-order valence-corrected chi connectivity index (χ2v) is 10.3. The zero-order valence-corrected chi connectivity index (χ0v) is 20.7. The Morgan fingerprint density at radius 2 is 1.86 bits per heavy atom. The third-order valence-electron chi connectivity index (χ3n) is 5.88. The van der Waals surface area contributed by atoms with E-state index in [9.17, 15) is 8.42 Å². The average Bonchev–Trinajstić information content (AvgIpc) is 2.69. The second kappa shape index (κ2) is 11.5. The summed E-state index contributed by atoms with van der Waals surface area (Å²) in [7, 11) is -2.82. The van der Waals surface area contributed by atoms with Gasteiger partial charge < -0.3 is 10.2 Å². The van der Waals surface area contributed by atoms with Crippen LogP contribution in [0.3, 0.4) is 0 Å². The van der Waals surface area contributed by atoms with E-state index in [1.165, 1.54) is 5.56 Å². The molecule has 2 aliphatic rings. The lowest BCUT2D eigenvalue weighted by molar-refractivity contribution is 0.234. The first-order valence-electron chi connectivity index (χ1n) is 10.5. The van der Waals surface area contributed by atoms with Crippen molar-refractivity contribution in [3.8, 4) is 0 Å². The fourth-order valence-electron chi connectivity index (χ4n) is 4.23. The van der Waals surface area contributed by atoms with E-state index in [0.717, 1.165) is 38.6 Å². The van der Waals surface area contributed by atoms with Gasteiger partial charge in [0, 0.05) is 39.3 Å². The highest BCUT2D eigenvalue weighted by atomic mass is 127. The number of nitrogens with one attached hydrogen (secondary N) is 1. The quantitative estimate of drug-likeness (QED) is 0.357. The molecule has 1 aromatic rings. The Morgan fingerprint density at radius 1 is 1.17 bits per heavy atom. The summed E-state index contributed by atoms with van der Waals surface area (Å²) in [4.78, 5) is 9.43. The van der Waals surface area contributed by atoms with Crippen LogP contribution in [0.5, 0.6) is 0 Å². The number of aliphatic imine (C=N–C) groups is 1. The molecule has 1 N–H and O–H groups in total. The Morgan fingerprint density at radius 3 is 2.48 bits per heavy atom. The maximum Gasteiger partial charge on any atom is 0.193 e. The normalized spacial score (nSPS) is 25.3. The molecule has 2 unspecified atom stereocenters. The summed E-state index contributed by atoms with van der Waals surface area (Å²) in [6.07, 6.45) is 1.14. The minimum absolute atomic E-state index is 0. The average molecular weight is 535 g/mol. The summed E-state index contributed by atoms with van der Waals surface area (Å²) in [5.74, 6) is 2.73. The molecule has 2 atom stereocenters. The lowest BCUT2D eigenvalue weighted by atomic mass is 9.82. The van der Waals surface area contributed by atoms with Gasteiger partial charge in [-0.25, -0.2) is 8.42 Å². The number of hydrogen-bond acceptors (Lipinski definition) is 4. The van der Waals surface area contributed by atoms with Gasteiger partial charge in [-0.3, -0.25) is 9.89 Å². The van der Waals surface area contributed by atoms with Crippen LogP contribution in [-0.4, -0.2) is 81.5 Å². The zero-order chi connectivity index (χ0) is 20.0. The number of guanidine groups is 1. The van der Waals surface area contributed by atoms with E-state index in [-0.39, 0.29) is 35.5 Å². The lowest BCUT2D eigenvalue weighted by Gasteiger charge is -2.39. The molecule has 0 saturated carbocycles. The largest absolute Gasteiger partial charge is 0.357 e. The van der Waals surface area contributed by atoms with Crippen molar-refractivity contribution in [2.75, 3.05) is 57.3 Å². The van der Waals surface area contributed by atoms with E-state index < -0.39 is 9.84 Å². The van der Waals surface area contributed by atoms with Crippen molar-refractivity contribution in [3.63, 3.8) is 0 Å². The molecule has 0 aliphatic carbocycles. The predicted octanol–water partition coefficient (Wildman–Crippen LogP) is 2.43. The Labute approximate surface area is 193 Å². The topological polar surface area (TPSA) is 65.0 Å². The highest BCUT2D eigenvalue weighted by Crippen LogP contribution is 2.32.